The summed E-state index contributed by atoms with van der Waals surface area (Å²) in [6.07, 6.45) is 5.32. The first-order valence-corrected chi connectivity index (χ1v) is 9.64. The van der Waals surface area contributed by atoms with Gasteiger partial charge in [-0.25, -0.2) is 0 Å². The number of para-hydroxylation sites is 1. The molecule has 3 aromatic rings. The third-order valence-electron chi connectivity index (χ3n) is 5.07. The van der Waals surface area contributed by atoms with E-state index in [2.05, 4.69) is 6.07 Å². The summed E-state index contributed by atoms with van der Waals surface area (Å²) in [4.78, 5) is 26.2. The van der Waals surface area contributed by atoms with Crippen LogP contribution in [0, 0.1) is 0 Å². The van der Waals surface area contributed by atoms with Crippen LogP contribution in [0.5, 0.6) is 5.75 Å². The van der Waals surface area contributed by atoms with Gasteiger partial charge in [-0.2, -0.15) is 0 Å². The van der Waals surface area contributed by atoms with Crippen molar-refractivity contribution in [3.8, 4) is 5.75 Å². The molecule has 1 N–H and O–H groups in total. The van der Waals surface area contributed by atoms with E-state index in [1.165, 1.54) is 4.90 Å². The van der Waals surface area contributed by atoms with Crippen LogP contribution in [0.2, 0.25) is 0 Å². The third kappa shape index (κ3) is 3.97. The maximum atomic E-state index is 12.4. The second-order valence-corrected chi connectivity index (χ2v) is 7.05. The normalized spacial score (nSPS) is 13.3. The molecule has 0 atom stereocenters. The molecule has 3 aromatic carbocycles. The molecule has 1 aliphatic rings. The number of imide groups is 1. The predicted octanol–water partition coefficient (Wildman–Crippen LogP) is 4.79. The first-order chi connectivity index (χ1) is 14.1. The molecule has 0 bridgehead atoms. The van der Waals surface area contributed by atoms with Crippen LogP contribution in [0.25, 0.3) is 12.2 Å². The molecule has 0 aromatic heterocycles. The van der Waals surface area contributed by atoms with Gasteiger partial charge in [0.05, 0.1) is 11.1 Å². The number of phenolic OH excluding ortho intramolecular Hbond substituents is 1. The Kier molecular flexibility index (Phi) is 5.25. The van der Waals surface area contributed by atoms with Crippen molar-refractivity contribution in [3.05, 3.63) is 101 Å². The second-order valence-electron chi connectivity index (χ2n) is 7.05. The SMILES string of the molecule is O=C1c2ccccc2C(=O)N1CCCc1cccc(C=Cc2ccccc2O)c1. The van der Waals surface area contributed by atoms with Crippen molar-refractivity contribution in [3.63, 3.8) is 0 Å². The van der Waals surface area contributed by atoms with Crippen molar-refractivity contribution in [2.24, 2.45) is 0 Å². The van der Waals surface area contributed by atoms with Gasteiger partial charge in [0.25, 0.3) is 11.8 Å². The van der Waals surface area contributed by atoms with Crippen LogP contribution in [-0.2, 0) is 6.42 Å². The van der Waals surface area contributed by atoms with Gasteiger partial charge in [0.15, 0.2) is 0 Å². The fourth-order valence-electron chi connectivity index (χ4n) is 3.55. The van der Waals surface area contributed by atoms with E-state index in [9.17, 15) is 14.7 Å². The van der Waals surface area contributed by atoms with Crippen LogP contribution in [-0.4, -0.2) is 28.4 Å². The number of benzene rings is 3. The van der Waals surface area contributed by atoms with E-state index in [0.717, 1.165) is 23.1 Å². The van der Waals surface area contributed by atoms with Crippen molar-refractivity contribution in [1.29, 1.82) is 0 Å². The largest absolute Gasteiger partial charge is 0.507 e. The summed E-state index contributed by atoms with van der Waals surface area (Å²) in [5, 5.41) is 9.86. The summed E-state index contributed by atoms with van der Waals surface area (Å²) in [7, 11) is 0. The molecule has 4 nitrogen and oxygen atoms in total. The highest BCUT2D eigenvalue weighted by molar-refractivity contribution is 6.21. The molecule has 0 spiro atoms. The van der Waals surface area contributed by atoms with Crippen LogP contribution in [0.3, 0.4) is 0 Å². The van der Waals surface area contributed by atoms with Gasteiger partial charge in [-0.05, 0) is 42.2 Å². The molecule has 4 rings (SSSR count). The molecule has 0 radical (unpaired) electrons. The summed E-state index contributed by atoms with van der Waals surface area (Å²) < 4.78 is 0. The van der Waals surface area contributed by atoms with Crippen LogP contribution in [0.4, 0.5) is 0 Å². The number of carbonyl (C=O) groups excluding carboxylic acids is 2. The predicted molar refractivity (Wildman–Crippen MR) is 114 cm³/mol. The topological polar surface area (TPSA) is 57.6 Å². The van der Waals surface area contributed by atoms with Gasteiger partial charge in [0.1, 0.15) is 5.75 Å². The van der Waals surface area contributed by atoms with E-state index in [0.29, 0.717) is 24.1 Å². The Morgan fingerprint density at radius 2 is 1.48 bits per heavy atom. The van der Waals surface area contributed by atoms with Gasteiger partial charge in [-0.3, -0.25) is 14.5 Å². The minimum absolute atomic E-state index is 0.204. The minimum Gasteiger partial charge on any atom is -0.507 e. The summed E-state index contributed by atoms with van der Waals surface area (Å²) in [5.41, 5.74) is 3.93. The summed E-state index contributed by atoms with van der Waals surface area (Å²) in [6, 6.07) is 22.3. The van der Waals surface area contributed by atoms with Crippen molar-refractivity contribution in [2.75, 3.05) is 6.54 Å². The molecule has 1 heterocycles. The minimum atomic E-state index is -0.204. The highest BCUT2D eigenvalue weighted by Gasteiger charge is 2.34. The molecule has 0 aliphatic carbocycles. The van der Waals surface area contributed by atoms with Gasteiger partial charge >= 0.3 is 0 Å². The number of fused-ring (bicyclic) bond motifs is 1. The summed E-state index contributed by atoms with van der Waals surface area (Å²) >= 11 is 0. The molecular formula is C25H21NO3. The summed E-state index contributed by atoms with van der Waals surface area (Å²) in [5.74, 6) is -0.157. The van der Waals surface area contributed by atoms with Crippen molar-refractivity contribution in [2.45, 2.75) is 12.8 Å². The number of aryl methyl sites for hydroxylation is 1. The Morgan fingerprint density at radius 1 is 0.793 bits per heavy atom. The zero-order valence-electron chi connectivity index (χ0n) is 15.9. The lowest BCUT2D eigenvalue weighted by Crippen LogP contribution is -2.30. The molecule has 1 aliphatic heterocycles. The number of phenols is 1. The number of hydrogen-bond acceptors (Lipinski definition) is 3. The number of nitrogens with zero attached hydrogens (tertiary/aromatic N) is 1. The average Bonchev–Trinajstić information content (AvgIpc) is 2.99. The number of hydrogen-bond donors (Lipinski definition) is 1. The van der Waals surface area contributed by atoms with Gasteiger partial charge in [0, 0.05) is 12.1 Å². The molecule has 0 saturated heterocycles. The fraction of sp³-hybridized carbons (Fsp3) is 0.120. The van der Waals surface area contributed by atoms with Crippen molar-refractivity contribution < 1.29 is 14.7 Å². The molecule has 0 fully saturated rings. The second kappa shape index (κ2) is 8.15. The molecular weight excluding hydrogens is 362 g/mol. The molecule has 144 valence electrons. The van der Waals surface area contributed by atoms with Crippen LogP contribution < -0.4 is 0 Å². The van der Waals surface area contributed by atoms with E-state index in [4.69, 9.17) is 0 Å². The lowest BCUT2D eigenvalue weighted by atomic mass is 10.0. The Hall–Kier alpha value is -3.66. The number of rotatable bonds is 6. The smallest absolute Gasteiger partial charge is 0.261 e. The first-order valence-electron chi connectivity index (χ1n) is 9.64. The number of carbonyl (C=O) groups is 2. The zero-order chi connectivity index (χ0) is 20.2. The average molecular weight is 383 g/mol. The molecule has 2 amide bonds. The lowest BCUT2D eigenvalue weighted by Gasteiger charge is -2.13. The zero-order valence-corrected chi connectivity index (χ0v) is 15.9. The fourth-order valence-corrected chi connectivity index (χ4v) is 3.55. The number of amides is 2. The van der Waals surface area contributed by atoms with Gasteiger partial charge in [0.2, 0.25) is 0 Å². The molecule has 4 heteroatoms. The first kappa shape index (κ1) is 18.7. The standard InChI is InChI=1S/C25H21NO3/c27-23-13-4-1-10-20(23)15-14-19-8-5-7-18(17-19)9-6-16-26-24(28)21-11-2-3-12-22(21)25(26)29/h1-5,7-8,10-15,17,27H,6,9,16H2. The Labute approximate surface area is 169 Å². The van der Waals surface area contributed by atoms with E-state index >= 15 is 0 Å². The highest BCUT2D eigenvalue weighted by Crippen LogP contribution is 2.23. The Morgan fingerprint density at radius 3 is 2.21 bits per heavy atom. The van der Waals surface area contributed by atoms with E-state index in [1.807, 2.05) is 42.5 Å². The Bertz CT molecular complexity index is 1070. The molecule has 0 unspecified atom stereocenters. The van der Waals surface area contributed by atoms with Crippen molar-refractivity contribution >= 4 is 24.0 Å². The van der Waals surface area contributed by atoms with E-state index in [1.54, 1.807) is 36.4 Å². The van der Waals surface area contributed by atoms with Gasteiger partial charge in [-0.15, -0.1) is 0 Å². The molecule has 0 saturated carbocycles. The van der Waals surface area contributed by atoms with Gasteiger partial charge in [-0.1, -0.05) is 66.7 Å². The lowest BCUT2D eigenvalue weighted by molar-refractivity contribution is 0.0652. The van der Waals surface area contributed by atoms with Crippen LogP contribution in [0.15, 0.2) is 72.8 Å². The van der Waals surface area contributed by atoms with E-state index < -0.39 is 0 Å². The molecule has 29 heavy (non-hydrogen) atoms. The number of aromatic hydroxyl groups is 1. The Balaban J connectivity index is 1.38. The maximum Gasteiger partial charge on any atom is 0.261 e. The van der Waals surface area contributed by atoms with Crippen molar-refractivity contribution in [1.82, 2.24) is 4.90 Å². The highest BCUT2D eigenvalue weighted by atomic mass is 16.3. The van der Waals surface area contributed by atoms with Crippen LogP contribution >= 0.6 is 0 Å². The van der Waals surface area contributed by atoms with Crippen LogP contribution in [0.1, 0.15) is 43.8 Å². The maximum absolute atomic E-state index is 12.4. The van der Waals surface area contributed by atoms with Gasteiger partial charge < -0.3 is 5.11 Å². The summed E-state index contributed by atoms with van der Waals surface area (Å²) in [6.45, 7) is 0.407. The quantitative estimate of drug-likeness (QED) is 0.492. The third-order valence-corrected chi connectivity index (χ3v) is 5.07. The monoisotopic (exact) mass is 383 g/mol. The van der Waals surface area contributed by atoms with E-state index in [-0.39, 0.29) is 17.6 Å².